The lowest BCUT2D eigenvalue weighted by molar-refractivity contribution is -0.369. The molecule has 0 unspecified atom stereocenters. The summed E-state index contributed by atoms with van der Waals surface area (Å²) in [6, 6.07) is 1.74. The molecule has 3 nitrogen and oxygen atoms in total. The van der Waals surface area contributed by atoms with Crippen molar-refractivity contribution in [2.45, 2.75) is 96.8 Å². The Labute approximate surface area is 183 Å². The van der Waals surface area contributed by atoms with E-state index >= 15 is 0 Å². The predicted molar refractivity (Wildman–Crippen MR) is 109 cm³/mol. The van der Waals surface area contributed by atoms with Gasteiger partial charge in [0.05, 0.1) is 23.3 Å². The molecule has 0 radical (unpaired) electrons. The van der Waals surface area contributed by atoms with Gasteiger partial charge in [-0.25, -0.2) is 0 Å². The minimum Gasteiger partial charge on any atom is -0.380 e. The molecule has 1 aromatic carbocycles. The average Bonchev–Trinajstić information content (AvgIpc) is 2.61. The molecular formula is C21H32F6O3Si. The summed E-state index contributed by atoms with van der Waals surface area (Å²) in [5, 5.41) is 0. The third kappa shape index (κ3) is 9.92. The normalized spacial score (nSPS) is 13.5. The number of rotatable bonds is 12. The van der Waals surface area contributed by atoms with E-state index in [2.05, 4.69) is 0 Å². The Morgan fingerprint density at radius 3 is 1.58 bits per heavy atom. The molecule has 0 aliphatic carbocycles. The molecule has 180 valence electrons. The fourth-order valence-corrected chi connectivity index (χ4v) is 3.65. The zero-order valence-corrected chi connectivity index (χ0v) is 20.6. The summed E-state index contributed by atoms with van der Waals surface area (Å²) in [5.74, 6) is -1.11. The summed E-state index contributed by atoms with van der Waals surface area (Å²) in [5.41, 5.74) is -2.52. The van der Waals surface area contributed by atoms with Crippen molar-refractivity contribution in [3.63, 3.8) is 0 Å². The Hall–Kier alpha value is -1.10. The molecule has 0 spiro atoms. The Morgan fingerprint density at radius 2 is 1.19 bits per heavy atom. The van der Waals surface area contributed by atoms with E-state index in [-0.39, 0.29) is 30.3 Å². The van der Waals surface area contributed by atoms with Gasteiger partial charge in [0.2, 0.25) is 0 Å². The highest BCUT2D eigenvalue weighted by molar-refractivity contribution is 5.98. The number of benzene rings is 1. The molecular weight excluding hydrogens is 442 g/mol. The van der Waals surface area contributed by atoms with Crippen molar-refractivity contribution in [3.8, 4) is 0 Å². The maximum absolute atomic E-state index is 13.0. The lowest BCUT2D eigenvalue weighted by Crippen LogP contribution is -2.42. The Bertz CT molecular complexity index is 632. The van der Waals surface area contributed by atoms with E-state index in [1.54, 1.807) is 0 Å². The van der Waals surface area contributed by atoms with Crippen LogP contribution >= 0.6 is 0 Å². The minimum atomic E-state index is -4.82. The van der Waals surface area contributed by atoms with E-state index < -0.39 is 29.5 Å². The molecule has 1 rings (SSSR count). The molecule has 10 heteroatoms. The molecule has 0 bridgehead atoms. The van der Waals surface area contributed by atoms with Crippen LogP contribution in [0.2, 0.25) is 0 Å². The van der Waals surface area contributed by atoms with Crippen LogP contribution in [-0.2, 0) is 32.7 Å². The number of hydrogen-bond donors (Lipinski definition) is 0. The summed E-state index contributed by atoms with van der Waals surface area (Å²) >= 11 is 0. The summed E-state index contributed by atoms with van der Waals surface area (Å²) in [6.45, 7) is 7.51. The van der Waals surface area contributed by atoms with E-state index in [1.807, 2.05) is 27.7 Å². The highest BCUT2D eigenvalue weighted by Gasteiger charge is 2.37. The van der Waals surface area contributed by atoms with Gasteiger partial charge in [0.1, 0.15) is 0 Å². The average molecular weight is 475 g/mol. The molecule has 0 aliphatic heterocycles. The van der Waals surface area contributed by atoms with E-state index in [9.17, 15) is 26.3 Å². The van der Waals surface area contributed by atoms with E-state index in [4.69, 9.17) is 13.9 Å². The molecule has 1 aromatic rings. The lowest BCUT2D eigenvalue weighted by Gasteiger charge is -2.36. The molecule has 0 aromatic heterocycles. The Morgan fingerprint density at radius 1 is 0.742 bits per heavy atom. The molecule has 0 N–H and O–H groups in total. The van der Waals surface area contributed by atoms with Crippen molar-refractivity contribution >= 4 is 10.5 Å². The first-order valence-electron chi connectivity index (χ1n) is 10.4. The molecule has 31 heavy (non-hydrogen) atoms. The van der Waals surface area contributed by atoms with E-state index in [1.165, 1.54) is 0 Å². The van der Waals surface area contributed by atoms with Gasteiger partial charge in [-0.15, -0.1) is 0 Å². The Balaban J connectivity index is 2.66. The zero-order valence-electron chi connectivity index (χ0n) is 18.6. The van der Waals surface area contributed by atoms with Crippen molar-refractivity contribution in [1.82, 2.24) is 0 Å². The van der Waals surface area contributed by atoms with Gasteiger partial charge < -0.3 is 13.9 Å². The van der Waals surface area contributed by atoms with Gasteiger partial charge in [0.15, 0.2) is 10.5 Å². The van der Waals surface area contributed by atoms with E-state index in [0.29, 0.717) is 36.2 Å². The quantitative estimate of drug-likeness (QED) is 0.161. The van der Waals surface area contributed by atoms with Crippen molar-refractivity contribution < 1.29 is 40.2 Å². The number of alkyl halides is 6. The highest BCUT2D eigenvalue weighted by atomic mass is 28.2. The number of ether oxygens (including phenoxy) is 2. The van der Waals surface area contributed by atoms with Crippen molar-refractivity contribution in [3.05, 3.63) is 34.9 Å². The third-order valence-corrected chi connectivity index (χ3v) is 5.11. The lowest BCUT2D eigenvalue weighted by atomic mass is 9.99. The smallest absolute Gasteiger partial charge is 0.380 e. The maximum Gasteiger partial charge on any atom is 0.416 e. The first-order valence-corrected chi connectivity index (χ1v) is 11.2. The van der Waals surface area contributed by atoms with Crippen LogP contribution < -0.4 is 0 Å². The summed E-state index contributed by atoms with van der Waals surface area (Å²) in [6.07, 6.45) is -6.67. The largest absolute Gasteiger partial charge is 0.416 e. The molecule has 0 fully saturated rings. The SMILES string of the molecule is CC(C)OC(CCCCCCc1cc(C(F)(F)F)cc(C(F)(F)F)c1)(O[SiH3])OC(C)C. The van der Waals surface area contributed by atoms with Crippen LogP contribution in [0, 0.1) is 0 Å². The van der Waals surface area contributed by atoms with Gasteiger partial charge in [-0.05, 0) is 70.7 Å². The topological polar surface area (TPSA) is 27.7 Å². The second-order valence-electron chi connectivity index (χ2n) is 8.05. The molecule has 0 aliphatic rings. The summed E-state index contributed by atoms with van der Waals surface area (Å²) < 4.78 is 95.0. The minimum absolute atomic E-state index is 0.0330. The van der Waals surface area contributed by atoms with Gasteiger partial charge in [-0.2, -0.15) is 26.3 Å². The second-order valence-corrected chi connectivity index (χ2v) is 8.46. The number of aryl methyl sites for hydroxylation is 1. The van der Waals surface area contributed by atoms with Crippen molar-refractivity contribution in [1.29, 1.82) is 0 Å². The maximum atomic E-state index is 13.0. The van der Waals surface area contributed by atoms with Crippen LogP contribution in [0.15, 0.2) is 18.2 Å². The van der Waals surface area contributed by atoms with Gasteiger partial charge >= 0.3 is 12.4 Å². The summed E-state index contributed by atoms with van der Waals surface area (Å²) in [4.78, 5) is 0. The van der Waals surface area contributed by atoms with Gasteiger partial charge in [0, 0.05) is 6.42 Å². The van der Waals surface area contributed by atoms with Crippen molar-refractivity contribution in [2.24, 2.45) is 0 Å². The number of hydrogen-bond acceptors (Lipinski definition) is 3. The predicted octanol–water partition coefficient (Wildman–Crippen LogP) is 6.02. The van der Waals surface area contributed by atoms with Crippen LogP contribution in [-0.4, -0.2) is 28.7 Å². The highest BCUT2D eigenvalue weighted by Crippen LogP contribution is 2.36. The van der Waals surface area contributed by atoms with Gasteiger partial charge in [-0.1, -0.05) is 12.8 Å². The van der Waals surface area contributed by atoms with Crippen LogP contribution in [0.3, 0.4) is 0 Å². The first-order chi connectivity index (χ1) is 14.2. The molecule has 0 atom stereocenters. The number of unbranched alkanes of at least 4 members (excludes halogenated alkanes) is 3. The number of halogens is 6. The van der Waals surface area contributed by atoms with Crippen LogP contribution in [0.5, 0.6) is 0 Å². The van der Waals surface area contributed by atoms with Crippen LogP contribution in [0.4, 0.5) is 26.3 Å². The fourth-order valence-electron chi connectivity index (χ4n) is 3.25. The molecule has 0 saturated heterocycles. The summed E-state index contributed by atoms with van der Waals surface area (Å²) in [7, 11) is 0.416. The monoisotopic (exact) mass is 474 g/mol. The fraction of sp³-hybridized carbons (Fsp3) is 0.714. The molecule has 0 heterocycles. The van der Waals surface area contributed by atoms with Crippen LogP contribution in [0.1, 0.15) is 76.5 Å². The van der Waals surface area contributed by atoms with Crippen molar-refractivity contribution in [2.75, 3.05) is 0 Å². The van der Waals surface area contributed by atoms with E-state index in [0.717, 1.165) is 18.6 Å². The third-order valence-electron chi connectivity index (χ3n) is 4.49. The molecule has 0 saturated carbocycles. The standard InChI is InChI=1S/C21H32F6O3Si/c1-14(2)28-19(30-31,29-15(3)4)10-8-6-5-7-9-16-11-17(20(22,23)24)13-18(12-16)21(25,26)27/h11-15H,5-10H2,1-4,31H3. The van der Waals surface area contributed by atoms with Gasteiger partial charge in [-0.3, -0.25) is 0 Å². The van der Waals surface area contributed by atoms with Crippen LogP contribution in [0.25, 0.3) is 0 Å². The van der Waals surface area contributed by atoms with Gasteiger partial charge in [0.25, 0.3) is 5.97 Å². The molecule has 0 amide bonds. The Kier molecular flexibility index (Phi) is 10.5. The first kappa shape index (κ1) is 27.9. The second kappa shape index (κ2) is 11.7. The zero-order chi connectivity index (χ0) is 23.9.